The summed E-state index contributed by atoms with van der Waals surface area (Å²) in [6, 6.07) is 4.54. The molecule has 1 fully saturated rings. The van der Waals surface area contributed by atoms with E-state index in [4.69, 9.17) is 9.47 Å². The molecule has 1 aliphatic heterocycles. The summed E-state index contributed by atoms with van der Waals surface area (Å²) >= 11 is 0. The second kappa shape index (κ2) is 8.63. The summed E-state index contributed by atoms with van der Waals surface area (Å²) < 4.78 is 41.0. The quantitative estimate of drug-likeness (QED) is 0.603. The van der Waals surface area contributed by atoms with E-state index in [1.807, 2.05) is 18.9 Å². The van der Waals surface area contributed by atoms with Crippen molar-refractivity contribution in [3.8, 4) is 11.6 Å². The van der Waals surface area contributed by atoms with Crippen molar-refractivity contribution in [1.29, 1.82) is 0 Å². The van der Waals surface area contributed by atoms with Crippen LogP contribution >= 0.6 is 0 Å². The third-order valence-corrected chi connectivity index (χ3v) is 5.56. The Bertz CT molecular complexity index is 951. The number of hydrogen-bond acceptors (Lipinski definition) is 6. The molecule has 0 unspecified atom stereocenters. The molecule has 30 heavy (non-hydrogen) atoms. The Morgan fingerprint density at radius 3 is 2.70 bits per heavy atom. The highest BCUT2D eigenvalue weighted by atomic mass is 19.3. The fourth-order valence-corrected chi connectivity index (χ4v) is 4.17. The SMILES string of the molecule is C=CCC(F)(F)c1nc2ccc(OC)cc2nc1O[C@H]1CN(C)[C@H](C(C)=O)[C@@H]1CC. The van der Waals surface area contributed by atoms with Crippen LogP contribution in [0.2, 0.25) is 0 Å². The van der Waals surface area contributed by atoms with Crippen LogP contribution in [0.25, 0.3) is 11.0 Å². The number of allylic oxidation sites excluding steroid dienone is 1. The Balaban J connectivity index is 2.08. The van der Waals surface area contributed by atoms with E-state index >= 15 is 0 Å². The Morgan fingerprint density at radius 2 is 2.10 bits per heavy atom. The maximum atomic E-state index is 14.9. The molecule has 0 amide bonds. The van der Waals surface area contributed by atoms with Crippen molar-refractivity contribution in [2.75, 3.05) is 20.7 Å². The van der Waals surface area contributed by atoms with Crippen molar-refractivity contribution in [1.82, 2.24) is 14.9 Å². The van der Waals surface area contributed by atoms with Crippen LogP contribution in [-0.4, -0.2) is 53.5 Å². The molecule has 0 N–H and O–H groups in total. The number of halogens is 2. The Morgan fingerprint density at radius 1 is 1.37 bits per heavy atom. The van der Waals surface area contributed by atoms with Gasteiger partial charge in [0.15, 0.2) is 5.69 Å². The molecule has 0 spiro atoms. The van der Waals surface area contributed by atoms with Gasteiger partial charge in [-0.05, 0) is 32.5 Å². The fraction of sp³-hybridized carbons (Fsp3) is 0.500. The Kier molecular flexibility index (Phi) is 6.36. The summed E-state index contributed by atoms with van der Waals surface area (Å²) in [5, 5.41) is 0. The number of Topliss-reactive ketones (excluding diaryl/α,β-unsaturated/α-hetero) is 1. The molecular weight excluding hydrogens is 392 g/mol. The Labute approximate surface area is 174 Å². The molecular formula is C22H27F2N3O3. The first-order chi connectivity index (χ1) is 14.2. The number of carbonyl (C=O) groups is 1. The van der Waals surface area contributed by atoms with Gasteiger partial charge < -0.3 is 9.47 Å². The molecule has 3 atom stereocenters. The minimum absolute atomic E-state index is 0.0296. The standard InChI is InChI=1S/C22H27F2N3O3/c1-6-10-22(23,24)20-21(26-17-11-14(29-5)8-9-16(17)25-20)30-18-12-27(4)19(13(3)28)15(18)7-2/h6,8-9,11,15,18-19H,1,7,10,12H2,2-5H3/t15-,18+,19-/m1/s1. The first-order valence-corrected chi connectivity index (χ1v) is 9.94. The molecule has 0 saturated carbocycles. The highest BCUT2D eigenvalue weighted by Crippen LogP contribution is 2.39. The number of hydrogen-bond donors (Lipinski definition) is 0. The molecule has 1 saturated heterocycles. The molecule has 0 bridgehead atoms. The van der Waals surface area contributed by atoms with Crippen molar-refractivity contribution in [3.05, 3.63) is 36.5 Å². The summed E-state index contributed by atoms with van der Waals surface area (Å²) in [6.45, 7) is 7.36. The van der Waals surface area contributed by atoms with Crippen LogP contribution in [-0.2, 0) is 10.7 Å². The molecule has 3 rings (SSSR count). The molecule has 2 heterocycles. The second-order valence-electron chi connectivity index (χ2n) is 7.65. The van der Waals surface area contributed by atoms with Gasteiger partial charge in [0.05, 0.1) is 24.2 Å². The molecule has 8 heteroatoms. The zero-order valence-corrected chi connectivity index (χ0v) is 17.7. The molecule has 0 radical (unpaired) electrons. The molecule has 1 aliphatic rings. The number of methoxy groups -OCH3 is 1. The van der Waals surface area contributed by atoms with E-state index in [-0.39, 0.29) is 23.6 Å². The van der Waals surface area contributed by atoms with Crippen molar-refractivity contribution in [2.45, 2.75) is 44.8 Å². The van der Waals surface area contributed by atoms with Gasteiger partial charge in [0.2, 0.25) is 5.88 Å². The number of alkyl halides is 2. The van der Waals surface area contributed by atoms with Gasteiger partial charge in [-0.25, -0.2) is 9.97 Å². The van der Waals surface area contributed by atoms with Crippen molar-refractivity contribution in [3.63, 3.8) is 0 Å². The van der Waals surface area contributed by atoms with Crippen LogP contribution in [0.3, 0.4) is 0 Å². The van der Waals surface area contributed by atoms with Crippen molar-refractivity contribution >= 4 is 16.8 Å². The number of aromatic nitrogens is 2. The number of carbonyl (C=O) groups excluding carboxylic acids is 1. The number of fused-ring (bicyclic) bond motifs is 1. The maximum absolute atomic E-state index is 14.9. The number of ether oxygens (including phenoxy) is 2. The van der Waals surface area contributed by atoms with Crippen LogP contribution in [0.15, 0.2) is 30.9 Å². The number of rotatable bonds is 8. The molecule has 2 aromatic rings. The minimum atomic E-state index is -3.29. The summed E-state index contributed by atoms with van der Waals surface area (Å²) in [4.78, 5) is 22.6. The van der Waals surface area contributed by atoms with Gasteiger partial charge >= 0.3 is 0 Å². The average Bonchev–Trinajstić information content (AvgIpc) is 3.01. The van der Waals surface area contributed by atoms with E-state index in [1.165, 1.54) is 14.0 Å². The third kappa shape index (κ3) is 4.14. The first kappa shape index (κ1) is 22.1. The zero-order valence-electron chi connectivity index (χ0n) is 17.7. The zero-order chi connectivity index (χ0) is 22.1. The van der Waals surface area contributed by atoms with Crippen LogP contribution in [0.5, 0.6) is 11.6 Å². The van der Waals surface area contributed by atoms with E-state index < -0.39 is 24.1 Å². The predicted molar refractivity (Wildman–Crippen MR) is 110 cm³/mol. The van der Waals surface area contributed by atoms with E-state index in [1.54, 1.807) is 18.2 Å². The van der Waals surface area contributed by atoms with Gasteiger partial charge in [0.25, 0.3) is 5.92 Å². The van der Waals surface area contributed by atoms with Crippen LogP contribution in [0.4, 0.5) is 8.78 Å². The monoisotopic (exact) mass is 419 g/mol. The lowest BCUT2D eigenvalue weighted by molar-refractivity contribution is -0.122. The highest BCUT2D eigenvalue weighted by molar-refractivity contribution is 5.82. The predicted octanol–water partition coefficient (Wildman–Crippen LogP) is 3.98. The smallest absolute Gasteiger partial charge is 0.298 e. The van der Waals surface area contributed by atoms with Crippen LogP contribution in [0, 0.1) is 5.92 Å². The number of likely N-dealkylation sites (N-methyl/N-ethyl adjacent to an activating group) is 1. The number of likely N-dealkylation sites (tertiary alicyclic amines) is 1. The first-order valence-electron chi connectivity index (χ1n) is 9.94. The minimum Gasteiger partial charge on any atom is -0.497 e. The van der Waals surface area contributed by atoms with Gasteiger partial charge in [-0.1, -0.05) is 13.0 Å². The highest BCUT2D eigenvalue weighted by Gasteiger charge is 2.44. The molecule has 6 nitrogen and oxygen atoms in total. The van der Waals surface area contributed by atoms with Gasteiger partial charge in [0, 0.05) is 24.9 Å². The lowest BCUT2D eigenvalue weighted by atomic mass is 9.93. The Hall–Kier alpha value is -2.61. The normalized spacial score (nSPS) is 22.3. The molecule has 0 aliphatic carbocycles. The molecule has 1 aromatic carbocycles. The van der Waals surface area contributed by atoms with E-state index in [0.717, 1.165) is 6.08 Å². The number of benzene rings is 1. The molecule has 162 valence electrons. The van der Waals surface area contributed by atoms with Crippen molar-refractivity contribution in [2.24, 2.45) is 5.92 Å². The second-order valence-corrected chi connectivity index (χ2v) is 7.65. The fourth-order valence-electron chi connectivity index (χ4n) is 4.17. The van der Waals surface area contributed by atoms with Gasteiger partial charge in [-0.3, -0.25) is 9.69 Å². The van der Waals surface area contributed by atoms with E-state index in [0.29, 0.717) is 29.7 Å². The van der Waals surface area contributed by atoms with Crippen molar-refractivity contribution < 1.29 is 23.0 Å². The van der Waals surface area contributed by atoms with Gasteiger partial charge in [0.1, 0.15) is 17.6 Å². The van der Waals surface area contributed by atoms with Crippen LogP contribution in [0.1, 0.15) is 32.4 Å². The van der Waals surface area contributed by atoms with Gasteiger partial charge in [-0.2, -0.15) is 8.78 Å². The number of nitrogens with zero attached hydrogens (tertiary/aromatic N) is 3. The third-order valence-electron chi connectivity index (χ3n) is 5.56. The van der Waals surface area contributed by atoms with Gasteiger partial charge in [-0.15, -0.1) is 6.58 Å². The maximum Gasteiger partial charge on any atom is 0.298 e. The topological polar surface area (TPSA) is 64.6 Å². The largest absolute Gasteiger partial charge is 0.497 e. The lowest BCUT2D eigenvalue weighted by Gasteiger charge is -2.24. The summed E-state index contributed by atoms with van der Waals surface area (Å²) in [7, 11) is 3.35. The average molecular weight is 419 g/mol. The summed E-state index contributed by atoms with van der Waals surface area (Å²) in [5.74, 6) is -3.07. The summed E-state index contributed by atoms with van der Waals surface area (Å²) in [5.41, 5.74) is 0.188. The molecule has 1 aromatic heterocycles. The summed E-state index contributed by atoms with van der Waals surface area (Å²) in [6.07, 6.45) is 0.780. The lowest BCUT2D eigenvalue weighted by Crippen LogP contribution is -2.36. The van der Waals surface area contributed by atoms with E-state index in [9.17, 15) is 13.6 Å². The number of ketones is 1. The van der Waals surface area contributed by atoms with E-state index in [2.05, 4.69) is 16.5 Å². The van der Waals surface area contributed by atoms with Crippen LogP contribution < -0.4 is 9.47 Å².